The van der Waals surface area contributed by atoms with E-state index in [0.717, 1.165) is 6.42 Å². The van der Waals surface area contributed by atoms with Gasteiger partial charge in [-0.3, -0.25) is 0 Å². The Bertz CT molecular complexity index is 552. The molecule has 0 aliphatic rings. The second-order valence-corrected chi connectivity index (χ2v) is 6.03. The van der Waals surface area contributed by atoms with Crippen LogP contribution in [0.3, 0.4) is 0 Å². The molecule has 0 aliphatic carbocycles. The van der Waals surface area contributed by atoms with Gasteiger partial charge in [0, 0.05) is 16.3 Å². The highest BCUT2D eigenvalue weighted by Crippen LogP contribution is 2.18. The maximum absolute atomic E-state index is 11.7. The molecule has 0 saturated heterocycles. The summed E-state index contributed by atoms with van der Waals surface area (Å²) in [6, 6.07) is 5.92. The largest absolute Gasteiger partial charge is 0.479 e. The van der Waals surface area contributed by atoms with Crippen molar-refractivity contribution in [3.63, 3.8) is 0 Å². The number of hydrogen-bond donors (Lipinski definition) is 3. The fourth-order valence-electron chi connectivity index (χ4n) is 1.65. The lowest BCUT2D eigenvalue weighted by atomic mass is 10.2. The molecule has 2 amide bonds. The van der Waals surface area contributed by atoms with E-state index in [1.54, 1.807) is 28.8 Å². The smallest absolute Gasteiger partial charge is 0.331 e. The lowest BCUT2D eigenvalue weighted by Crippen LogP contribution is -2.41. The van der Waals surface area contributed by atoms with Crippen molar-refractivity contribution >= 4 is 34.7 Å². The summed E-state index contributed by atoms with van der Waals surface area (Å²) in [7, 11) is 0. The first-order valence-electron chi connectivity index (χ1n) is 6.00. The van der Waals surface area contributed by atoms with Crippen LogP contribution in [0.15, 0.2) is 35.0 Å². The normalized spacial score (nSPS) is 11.8. The molecule has 2 aromatic rings. The van der Waals surface area contributed by atoms with Crippen LogP contribution in [0.2, 0.25) is 0 Å². The predicted octanol–water partition coefficient (Wildman–Crippen LogP) is 2.48. The lowest BCUT2D eigenvalue weighted by Gasteiger charge is -2.13. The van der Waals surface area contributed by atoms with Crippen LogP contribution in [0.5, 0.6) is 0 Å². The molecule has 0 bridgehead atoms. The van der Waals surface area contributed by atoms with Crippen LogP contribution in [-0.2, 0) is 11.2 Å². The third-order valence-electron chi connectivity index (χ3n) is 2.59. The van der Waals surface area contributed by atoms with E-state index in [1.807, 2.05) is 17.5 Å². The molecule has 106 valence electrons. The molecule has 0 aliphatic heterocycles. The monoisotopic (exact) mass is 310 g/mol. The first kappa shape index (κ1) is 14.5. The van der Waals surface area contributed by atoms with Crippen LogP contribution < -0.4 is 10.6 Å². The number of carboxylic acids is 1. The number of carboxylic acid groups (broad SMARTS) is 1. The van der Waals surface area contributed by atoms with Gasteiger partial charge in [-0.05, 0) is 29.3 Å². The molecule has 1 atom stereocenters. The van der Waals surface area contributed by atoms with Gasteiger partial charge in [0.2, 0.25) is 0 Å². The number of aliphatic carboxylic acids is 1. The van der Waals surface area contributed by atoms with Gasteiger partial charge in [-0.15, -0.1) is 22.7 Å². The van der Waals surface area contributed by atoms with Crippen molar-refractivity contribution in [2.24, 2.45) is 0 Å². The highest BCUT2D eigenvalue weighted by molar-refractivity contribution is 7.10. The van der Waals surface area contributed by atoms with E-state index >= 15 is 0 Å². The number of hydrogen-bond acceptors (Lipinski definition) is 4. The number of carbonyl (C=O) groups is 2. The minimum Gasteiger partial charge on any atom is -0.479 e. The number of urea groups is 1. The standard InChI is InChI=1S/C13H14N2O3S2/c16-12(17)11(10-4-2-8-20-10)15-13(18)14-6-5-9-3-1-7-19-9/h1-4,7-8,11H,5-6H2,(H,16,17)(H2,14,15,18). The zero-order chi connectivity index (χ0) is 14.4. The molecule has 1 unspecified atom stereocenters. The summed E-state index contributed by atoms with van der Waals surface area (Å²) in [5.41, 5.74) is 0. The van der Waals surface area contributed by atoms with Gasteiger partial charge in [0.1, 0.15) is 0 Å². The van der Waals surface area contributed by atoms with Crippen molar-refractivity contribution < 1.29 is 14.7 Å². The van der Waals surface area contributed by atoms with Crippen molar-refractivity contribution in [2.75, 3.05) is 6.54 Å². The highest BCUT2D eigenvalue weighted by Gasteiger charge is 2.22. The van der Waals surface area contributed by atoms with E-state index in [4.69, 9.17) is 5.11 Å². The van der Waals surface area contributed by atoms with Crippen molar-refractivity contribution in [1.82, 2.24) is 10.6 Å². The fraction of sp³-hybridized carbons (Fsp3) is 0.231. The average Bonchev–Trinajstić information content (AvgIpc) is 3.08. The third kappa shape index (κ3) is 4.07. The summed E-state index contributed by atoms with van der Waals surface area (Å²) in [5.74, 6) is -1.07. The molecule has 0 aromatic carbocycles. The van der Waals surface area contributed by atoms with E-state index < -0.39 is 18.0 Å². The summed E-state index contributed by atoms with van der Waals surface area (Å²) in [4.78, 5) is 24.6. The Morgan fingerprint density at radius 2 is 1.95 bits per heavy atom. The second kappa shape index (κ2) is 7.06. The average molecular weight is 310 g/mol. The summed E-state index contributed by atoms with van der Waals surface area (Å²) in [6.45, 7) is 0.475. The van der Waals surface area contributed by atoms with Crippen LogP contribution in [-0.4, -0.2) is 23.7 Å². The summed E-state index contributed by atoms with van der Waals surface area (Å²) in [5, 5.41) is 18.0. The van der Waals surface area contributed by atoms with Crippen molar-refractivity contribution in [3.8, 4) is 0 Å². The third-order valence-corrected chi connectivity index (χ3v) is 4.46. The van der Waals surface area contributed by atoms with Gasteiger partial charge in [0.15, 0.2) is 6.04 Å². The first-order valence-corrected chi connectivity index (χ1v) is 7.75. The number of amides is 2. The molecule has 7 heteroatoms. The molecule has 0 radical (unpaired) electrons. The summed E-state index contributed by atoms with van der Waals surface area (Å²) in [6.07, 6.45) is 0.738. The molecular formula is C13H14N2O3S2. The van der Waals surface area contributed by atoms with Gasteiger partial charge < -0.3 is 15.7 Å². The molecule has 0 saturated carbocycles. The minimum atomic E-state index is -1.07. The molecule has 3 N–H and O–H groups in total. The fourth-order valence-corrected chi connectivity index (χ4v) is 3.12. The van der Waals surface area contributed by atoms with Gasteiger partial charge in [0.25, 0.3) is 0 Å². The highest BCUT2D eigenvalue weighted by atomic mass is 32.1. The topological polar surface area (TPSA) is 78.4 Å². The predicted molar refractivity (Wildman–Crippen MR) is 79.3 cm³/mol. The van der Waals surface area contributed by atoms with Crippen LogP contribution in [0, 0.1) is 0 Å². The number of rotatable bonds is 6. The van der Waals surface area contributed by atoms with Gasteiger partial charge in [-0.2, -0.15) is 0 Å². The van der Waals surface area contributed by atoms with Crippen LogP contribution >= 0.6 is 22.7 Å². The van der Waals surface area contributed by atoms with Crippen LogP contribution in [0.25, 0.3) is 0 Å². The van der Waals surface area contributed by atoms with Crippen molar-refractivity contribution in [3.05, 3.63) is 44.8 Å². The molecule has 2 rings (SSSR count). The molecule has 2 heterocycles. The van der Waals surface area contributed by atoms with Gasteiger partial charge in [-0.25, -0.2) is 9.59 Å². The first-order chi connectivity index (χ1) is 9.66. The van der Waals surface area contributed by atoms with E-state index in [1.165, 1.54) is 16.2 Å². The minimum absolute atomic E-state index is 0.470. The van der Waals surface area contributed by atoms with E-state index in [-0.39, 0.29) is 0 Å². The van der Waals surface area contributed by atoms with E-state index in [0.29, 0.717) is 11.4 Å². The second-order valence-electron chi connectivity index (χ2n) is 4.02. The Balaban J connectivity index is 1.81. The Labute approximate surface area is 124 Å². The quantitative estimate of drug-likeness (QED) is 0.767. The SMILES string of the molecule is O=C(NCCc1cccs1)NC(C(=O)O)c1cccs1. The maximum Gasteiger partial charge on any atom is 0.331 e. The van der Waals surface area contributed by atoms with Crippen molar-refractivity contribution in [1.29, 1.82) is 0 Å². The lowest BCUT2D eigenvalue weighted by molar-refractivity contribution is -0.139. The van der Waals surface area contributed by atoms with Gasteiger partial charge in [0.05, 0.1) is 0 Å². The Morgan fingerprint density at radius 1 is 1.20 bits per heavy atom. The summed E-state index contributed by atoms with van der Waals surface area (Å²) < 4.78 is 0. The summed E-state index contributed by atoms with van der Waals surface area (Å²) >= 11 is 2.93. The zero-order valence-corrected chi connectivity index (χ0v) is 12.2. The Morgan fingerprint density at radius 3 is 2.55 bits per heavy atom. The Hall–Kier alpha value is -1.86. The van der Waals surface area contributed by atoms with Crippen molar-refractivity contribution in [2.45, 2.75) is 12.5 Å². The molecule has 20 heavy (non-hydrogen) atoms. The number of thiophene rings is 2. The van der Waals surface area contributed by atoms with Gasteiger partial charge in [-0.1, -0.05) is 12.1 Å². The molecule has 5 nitrogen and oxygen atoms in total. The molecular weight excluding hydrogens is 296 g/mol. The number of carbonyl (C=O) groups excluding carboxylic acids is 1. The molecule has 0 spiro atoms. The van der Waals surface area contributed by atoms with Gasteiger partial charge >= 0.3 is 12.0 Å². The van der Waals surface area contributed by atoms with Crippen LogP contribution in [0.4, 0.5) is 4.79 Å². The molecule has 0 fully saturated rings. The van der Waals surface area contributed by atoms with E-state index in [9.17, 15) is 9.59 Å². The Kier molecular flexibility index (Phi) is 5.14. The number of nitrogens with one attached hydrogen (secondary N) is 2. The molecule has 2 aromatic heterocycles. The van der Waals surface area contributed by atoms with Crippen LogP contribution in [0.1, 0.15) is 15.8 Å². The van der Waals surface area contributed by atoms with E-state index in [2.05, 4.69) is 10.6 Å². The maximum atomic E-state index is 11.7. The zero-order valence-electron chi connectivity index (χ0n) is 10.5.